The van der Waals surface area contributed by atoms with Crippen LogP contribution in [0.2, 0.25) is 0 Å². The summed E-state index contributed by atoms with van der Waals surface area (Å²) in [6, 6.07) is 17.7. The van der Waals surface area contributed by atoms with Crippen molar-refractivity contribution in [3.8, 4) is 5.75 Å². The number of methoxy groups -OCH3 is 1. The number of hydrogen-bond acceptors (Lipinski definition) is 4. The first-order valence-corrected chi connectivity index (χ1v) is 10.1. The molecule has 2 aromatic rings. The lowest BCUT2D eigenvalue weighted by atomic mass is 10.2. The van der Waals surface area contributed by atoms with Crippen molar-refractivity contribution in [3.05, 3.63) is 65.7 Å². The number of halogens is 1. The first kappa shape index (κ1) is 26.7. The minimum absolute atomic E-state index is 0. The highest BCUT2D eigenvalue weighted by Crippen LogP contribution is 2.10. The Morgan fingerprint density at radius 3 is 2.35 bits per heavy atom. The van der Waals surface area contributed by atoms with Crippen molar-refractivity contribution in [2.45, 2.75) is 20.1 Å². The van der Waals surface area contributed by atoms with Crippen molar-refractivity contribution in [3.63, 3.8) is 0 Å². The van der Waals surface area contributed by atoms with Gasteiger partial charge in [-0.15, -0.1) is 24.0 Å². The van der Waals surface area contributed by atoms with Crippen molar-refractivity contribution in [2.75, 3.05) is 33.9 Å². The van der Waals surface area contributed by atoms with Crippen molar-refractivity contribution in [1.29, 1.82) is 0 Å². The highest BCUT2D eigenvalue weighted by molar-refractivity contribution is 14.0. The molecule has 0 spiro atoms. The van der Waals surface area contributed by atoms with Gasteiger partial charge in [-0.3, -0.25) is 9.79 Å². The zero-order valence-electron chi connectivity index (χ0n) is 18.4. The molecule has 0 fully saturated rings. The summed E-state index contributed by atoms with van der Waals surface area (Å²) in [6.45, 7) is 4.66. The standard InChI is InChI=1S/C23H32N4O3.HI/c1-18(16-30-17-20-7-5-4-6-8-20)13-26-23(24-2)27-15-22(28)25-14-19-9-11-21(29-3)12-10-19;/h4-12,18H,13-17H2,1-3H3,(H,25,28)(H2,24,26,27);1H. The third-order valence-electron chi connectivity index (χ3n) is 4.42. The Morgan fingerprint density at radius 1 is 1.00 bits per heavy atom. The molecule has 2 rings (SSSR count). The predicted octanol–water partition coefficient (Wildman–Crippen LogP) is 2.95. The highest BCUT2D eigenvalue weighted by Gasteiger charge is 2.07. The number of benzene rings is 2. The van der Waals surface area contributed by atoms with Crippen LogP contribution >= 0.6 is 24.0 Å². The number of rotatable bonds is 11. The second-order valence-electron chi connectivity index (χ2n) is 7.04. The van der Waals surface area contributed by atoms with Gasteiger partial charge in [-0.1, -0.05) is 49.4 Å². The number of amides is 1. The minimum Gasteiger partial charge on any atom is -0.497 e. The molecule has 0 saturated carbocycles. The fraction of sp³-hybridized carbons (Fsp3) is 0.391. The lowest BCUT2D eigenvalue weighted by Gasteiger charge is -2.16. The van der Waals surface area contributed by atoms with Crippen LogP contribution in [0.1, 0.15) is 18.1 Å². The molecule has 2 aromatic carbocycles. The molecule has 0 saturated heterocycles. The predicted molar refractivity (Wildman–Crippen MR) is 135 cm³/mol. The van der Waals surface area contributed by atoms with E-state index in [1.807, 2.05) is 54.6 Å². The van der Waals surface area contributed by atoms with Crippen LogP contribution in [0.25, 0.3) is 0 Å². The van der Waals surface area contributed by atoms with E-state index in [9.17, 15) is 4.79 Å². The van der Waals surface area contributed by atoms with E-state index in [0.717, 1.165) is 16.9 Å². The van der Waals surface area contributed by atoms with Gasteiger partial charge < -0.3 is 25.4 Å². The molecule has 8 heteroatoms. The second-order valence-corrected chi connectivity index (χ2v) is 7.04. The van der Waals surface area contributed by atoms with E-state index in [-0.39, 0.29) is 36.4 Å². The molecule has 0 aliphatic rings. The molecule has 7 nitrogen and oxygen atoms in total. The summed E-state index contributed by atoms with van der Waals surface area (Å²) in [5.41, 5.74) is 2.17. The van der Waals surface area contributed by atoms with E-state index >= 15 is 0 Å². The molecular weight excluding hydrogens is 507 g/mol. The lowest BCUT2D eigenvalue weighted by molar-refractivity contribution is -0.120. The third-order valence-corrected chi connectivity index (χ3v) is 4.42. The van der Waals surface area contributed by atoms with E-state index in [1.165, 1.54) is 0 Å². The van der Waals surface area contributed by atoms with Crippen LogP contribution in [0.3, 0.4) is 0 Å². The van der Waals surface area contributed by atoms with E-state index in [1.54, 1.807) is 14.2 Å². The van der Waals surface area contributed by atoms with Gasteiger partial charge in [0, 0.05) is 20.1 Å². The molecule has 1 amide bonds. The summed E-state index contributed by atoms with van der Waals surface area (Å²) in [5.74, 6) is 1.58. The Hall–Kier alpha value is -2.33. The number of aliphatic imine (C=N–C) groups is 1. The Kier molecular flexibility index (Phi) is 13.3. The fourth-order valence-corrected chi connectivity index (χ4v) is 2.67. The van der Waals surface area contributed by atoms with E-state index in [2.05, 4.69) is 27.9 Å². The molecule has 1 unspecified atom stereocenters. The molecule has 0 heterocycles. The Labute approximate surface area is 202 Å². The highest BCUT2D eigenvalue weighted by atomic mass is 127. The number of carbonyl (C=O) groups is 1. The van der Waals surface area contributed by atoms with Gasteiger partial charge >= 0.3 is 0 Å². The summed E-state index contributed by atoms with van der Waals surface area (Å²) in [6.07, 6.45) is 0. The molecule has 3 N–H and O–H groups in total. The molecule has 0 bridgehead atoms. The van der Waals surface area contributed by atoms with Crippen LogP contribution in [0.15, 0.2) is 59.6 Å². The monoisotopic (exact) mass is 540 g/mol. The van der Waals surface area contributed by atoms with Gasteiger partial charge in [0.25, 0.3) is 0 Å². The number of ether oxygens (including phenoxy) is 2. The maximum atomic E-state index is 12.1. The van der Waals surface area contributed by atoms with Crippen LogP contribution in [0.5, 0.6) is 5.75 Å². The van der Waals surface area contributed by atoms with E-state index in [4.69, 9.17) is 9.47 Å². The van der Waals surface area contributed by atoms with Crippen molar-refractivity contribution >= 4 is 35.8 Å². The van der Waals surface area contributed by atoms with Crippen molar-refractivity contribution in [2.24, 2.45) is 10.9 Å². The maximum Gasteiger partial charge on any atom is 0.239 e. The quantitative estimate of drug-likeness (QED) is 0.232. The molecule has 0 aromatic heterocycles. The number of carbonyl (C=O) groups excluding carboxylic acids is 1. The van der Waals surface area contributed by atoms with Gasteiger partial charge in [0.2, 0.25) is 5.91 Å². The van der Waals surface area contributed by atoms with Crippen molar-refractivity contribution in [1.82, 2.24) is 16.0 Å². The molecule has 0 aliphatic heterocycles. The first-order valence-electron chi connectivity index (χ1n) is 10.1. The summed E-state index contributed by atoms with van der Waals surface area (Å²) in [4.78, 5) is 16.2. The molecule has 0 radical (unpaired) electrons. The number of nitrogens with one attached hydrogen (secondary N) is 3. The van der Waals surface area contributed by atoms with Gasteiger partial charge in [0.05, 0.1) is 26.9 Å². The number of guanidine groups is 1. The summed E-state index contributed by atoms with van der Waals surface area (Å²) in [5, 5.41) is 9.13. The SMILES string of the molecule is CN=C(NCC(=O)NCc1ccc(OC)cc1)NCC(C)COCc1ccccc1.I. The zero-order chi connectivity index (χ0) is 21.6. The normalized spacial score (nSPS) is 11.8. The van der Waals surface area contributed by atoms with Gasteiger partial charge in [-0.05, 0) is 29.2 Å². The maximum absolute atomic E-state index is 12.1. The second kappa shape index (κ2) is 15.5. The summed E-state index contributed by atoms with van der Waals surface area (Å²) >= 11 is 0. The van der Waals surface area contributed by atoms with Crippen LogP contribution in [-0.2, 0) is 22.7 Å². The van der Waals surface area contributed by atoms with Gasteiger partial charge in [0.15, 0.2) is 5.96 Å². The fourth-order valence-electron chi connectivity index (χ4n) is 2.67. The average Bonchev–Trinajstić information content (AvgIpc) is 2.78. The molecule has 31 heavy (non-hydrogen) atoms. The average molecular weight is 540 g/mol. The Balaban J connectivity index is 0.00000480. The topological polar surface area (TPSA) is 84.0 Å². The number of nitrogens with zero attached hydrogens (tertiary/aromatic N) is 1. The summed E-state index contributed by atoms with van der Waals surface area (Å²) < 4.78 is 10.9. The van der Waals surface area contributed by atoms with Gasteiger partial charge in [-0.2, -0.15) is 0 Å². The molecule has 0 aliphatic carbocycles. The van der Waals surface area contributed by atoms with Crippen LogP contribution in [0, 0.1) is 5.92 Å². The molecular formula is C23H33IN4O3. The smallest absolute Gasteiger partial charge is 0.239 e. The number of hydrogen-bond donors (Lipinski definition) is 3. The third kappa shape index (κ3) is 11.0. The van der Waals surface area contributed by atoms with Crippen LogP contribution < -0.4 is 20.7 Å². The van der Waals surface area contributed by atoms with Crippen LogP contribution in [0.4, 0.5) is 0 Å². The van der Waals surface area contributed by atoms with E-state index < -0.39 is 0 Å². The molecule has 1 atom stereocenters. The zero-order valence-corrected chi connectivity index (χ0v) is 20.7. The first-order chi connectivity index (χ1) is 14.6. The van der Waals surface area contributed by atoms with E-state index in [0.29, 0.717) is 38.2 Å². The summed E-state index contributed by atoms with van der Waals surface area (Å²) in [7, 11) is 3.31. The van der Waals surface area contributed by atoms with Gasteiger partial charge in [0.1, 0.15) is 5.75 Å². The lowest BCUT2D eigenvalue weighted by Crippen LogP contribution is -2.44. The van der Waals surface area contributed by atoms with Gasteiger partial charge in [-0.25, -0.2) is 0 Å². The largest absolute Gasteiger partial charge is 0.497 e. The van der Waals surface area contributed by atoms with Crippen molar-refractivity contribution < 1.29 is 14.3 Å². The minimum atomic E-state index is -0.104. The Bertz CT molecular complexity index is 785. The Morgan fingerprint density at radius 2 is 1.71 bits per heavy atom. The van der Waals surface area contributed by atoms with Crippen LogP contribution in [-0.4, -0.2) is 45.7 Å². The molecule has 170 valence electrons.